The molecule has 120 valence electrons. The minimum absolute atomic E-state index is 0.0194. The monoisotopic (exact) mass is 321 g/mol. The SMILES string of the molecule is CCC[C@@H]1CN(Cc2cccc(C#N)c2)C[C@H]1NS(C)(=O)=O. The minimum Gasteiger partial charge on any atom is -0.297 e. The van der Waals surface area contributed by atoms with Crippen LogP contribution in [-0.2, 0) is 16.6 Å². The fourth-order valence-corrected chi connectivity index (χ4v) is 3.98. The first-order valence-electron chi connectivity index (χ1n) is 7.60. The highest BCUT2D eigenvalue weighted by Crippen LogP contribution is 2.24. The van der Waals surface area contributed by atoms with Gasteiger partial charge in [0.2, 0.25) is 10.0 Å². The number of benzene rings is 1. The van der Waals surface area contributed by atoms with Gasteiger partial charge < -0.3 is 0 Å². The highest BCUT2D eigenvalue weighted by molar-refractivity contribution is 7.88. The molecule has 0 bridgehead atoms. The summed E-state index contributed by atoms with van der Waals surface area (Å²) >= 11 is 0. The molecule has 1 aliphatic heterocycles. The Morgan fingerprint density at radius 3 is 2.82 bits per heavy atom. The molecule has 1 saturated heterocycles. The second-order valence-electron chi connectivity index (χ2n) is 6.05. The van der Waals surface area contributed by atoms with Crippen LogP contribution >= 0.6 is 0 Å². The predicted octanol–water partition coefficient (Wildman–Crippen LogP) is 1.71. The van der Waals surface area contributed by atoms with Crippen molar-refractivity contribution in [3.05, 3.63) is 35.4 Å². The zero-order valence-corrected chi connectivity index (χ0v) is 13.9. The van der Waals surface area contributed by atoms with Gasteiger partial charge in [-0.15, -0.1) is 0 Å². The van der Waals surface area contributed by atoms with Gasteiger partial charge in [0.05, 0.1) is 17.9 Å². The van der Waals surface area contributed by atoms with Gasteiger partial charge >= 0.3 is 0 Å². The third-order valence-corrected chi connectivity index (χ3v) is 4.73. The summed E-state index contributed by atoms with van der Waals surface area (Å²) in [6.45, 7) is 4.47. The fourth-order valence-electron chi connectivity index (χ4n) is 3.16. The van der Waals surface area contributed by atoms with Crippen LogP contribution in [0.5, 0.6) is 0 Å². The van der Waals surface area contributed by atoms with Gasteiger partial charge in [-0.1, -0.05) is 25.5 Å². The van der Waals surface area contributed by atoms with E-state index in [2.05, 4.69) is 22.6 Å². The average Bonchev–Trinajstić information content (AvgIpc) is 2.79. The number of nitrogens with one attached hydrogen (secondary N) is 1. The Balaban J connectivity index is 2.05. The predicted molar refractivity (Wildman–Crippen MR) is 86.6 cm³/mol. The van der Waals surface area contributed by atoms with Crippen LogP contribution in [0.1, 0.15) is 30.9 Å². The van der Waals surface area contributed by atoms with E-state index >= 15 is 0 Å². The third-order valence-electron chi connectivity index (χ3n) is 4.00. The van der Waals surface area contributed by atoms with E-state index in [0.717, 1.165) is 31.5 Å². The quantitative estimate of drug-likeness (QED) is 0.865. The van der Waals surface area contributed by atoms with Crippen molar-refractivity contribution in [2.24, 2.45) is 5.92 Å². The van der Waals surface area contributed by atoms with E-state index in [4.69, 9.17) is 5.26 Å². The molecule has 0 amide bonds. The zero-order valence-electron chi connectivity index (χ0n) is 13.1. The second kappa shape index (κ2) is 7.23. The van der Waals surface area contributed by atoms with E-state index in [1.807, 2.05) is 18.2 Å². The third kappa shape index (κ3) is 4.80. The molecule has 1 fully saturated rings. The maximum absolute atomic E-state index is 11.5. The Bertz CT molecular complexity index is 652. The van der Waals surface area contributed by atoms with Gasteiger partial charge in [0, 0.05) is 25.7 Å². The van der Waals surface area contributed by atoms with Crippen LogP contribution in [-0.4, -0.2) is 38.7 Å². The van der Waals surface area contributed by atoms with Gasteiger partial charge in [-0.2, -0.15) is 5.26 Å². The van der Waals surface area contributed by atoms with Crippen LogP contribution in [0.15, 0.2) is 24.3 Å². The zero-order chi connectivity index (χ0) is 16.2. The van der Waals surface area contributed by atoms with E-state index in [1.54, 1.807) is 6.07 Å². The summed E-state index contributed by atoms with van der Waals surface area (Å²) < 4.78 is 25.8. The molecule has 1 aliphatic rings. The normalized spacial score (nSPS) is 22.6. The first kappa shape index (κ1) is 16.9. The lowest BCUT2D eigenvalue weighted by atomic mass is 9.99. The van der Waals surface area contributed by atoms with Crippen LogP contribution in [0.3, 0.4) is 0 Å². The summed E-state index contributed by atoms with van der Waals surface area (Å²) in [5.41, 5.74) is 1.75. The molecule has 1 aromatic carbocycles. The van der Waals surface area contributed by atoms with E-state index < -0.39 is 10.0 Å². The van der Waals surface area contributed by atoms with Crippen LogP contribution in [0.2, 0.25) is 0 Å². The lowest BCUT2D eigenvalue weighted by Gasteiger charge is -2.17. The van der Waals surface area contributed by atoms with E-state index in [0.29, 0.717) is 18.0 Å². The van der Waals surface area contributed by atoms with E-state index in [-0.39, 0.29) is 6.04 Å². The number of sulfonamides is 1. The molecule has 5 nitrogen and oxygen atoms in total. The average molecular weight is 321 g/mol. The summed E-state index contributed by atoms with van der Waals surface area (Å²) in [6, 6.07) is 9.72. The highest BCUT2D eigenvalue weighted by Gasteiger charge is 2.33. The first-order chi connectivity index (χ1) is 10.4. The van der Waals surface area contributed by atoms with Crippen molar-refractivity contribution in [3.8, 4) is 6.07 Å². The molecule has 0 unspecified atom stereocenters. The molecule has 2 rings (SSSR count). The van der Waals surface area contributed by atoms with Gasteiger partial charge in [0.15, 0.2) is 0 Å². The molecule has 2 atom stereocenters. The number of nitrogens with zero attached hydrogens (tertiary/aromatic N) is 2. The Hall–Kier alpha value is -1.42. The Morgan fingerprint density at radius 1 is 1.41 bits per heavy atom. The summed E-state index contributed by atoms with van der Waals surface area (Å²) in [5.74, 6) is 0.346. The smallest absolute Gasteiger partial charge is 0.209 e. The second-order valence-corrected chi connectivity index (χ2v) is 7.83. The molecule has 1 heterocycles. The molecule has 6 heteroatoms. The molecule has 0 aliphatic carbocycles. The Morgan fingerprint density at radius 2 is 2.18 bits per heavy atom. The highest BCUT2D eigenvalue weighted by atomic mass is 32.2. The van der Waals surface area contributed by atoms with Crippen molar-refractivity contribution >= 4 is 10.0 Å². The van der Waals surface area contributed by atoms with Crippen molar-refractivity contribution in [3.63, 3.8) is 0 Å². The maximum atomic E-state index is 11.5. The number of hydrogen-bond acceptors (Lipinski definition) is 4. The van der Waals surface area contributed by atoms with Gasteiger partial charge in [-0.25, -0.2) is 13.1 Å². The number of rotatable bonds is 6. The molecule has 1 N–H and O–H groups in total. The van der Waals surface area contributed by atoms with Gasteiger partial charge in [0.25, 0.3) is 0 Å². The standard InChI is InChI=1S/C16H23N3O2S/c1-3-5-15-11-19(12-16(15)18-22(2,20)21)10-14-7-4-6-13(8-14)9-17/h4,6-8,15-16,18H,3,5,10-12H2,1-2H3/t15-,16-/m1/s1. The van der Waals surface area contributed by atoms with Crippen LogP contribution in [0.25, 0.3) is 0 Å². The van der Waals surface area contributed by atoms with Gasteiger partial charge in [-0.05, 0) is 30.0 Å². The van der Waals surface area contributed by atoms with Crippen LogP contribution in [0, 0.1) is 17.2 Å². The molecular formula is C16H23N3O2S. The lowest BCUT2D eigenvalue weighted by molar-refractivity contribution is 0.312. The molecule has 0 aromatic heterocycles. The Kier molecular flexibility index (Phi) is 5.57. The van der Waals surface area contributed by atoms with Crippen molar-refractivity contribution in [2.75, 3.05) is 19.3 Å². The molecule has 1 aromatic rings. The van der Waals surface area contributed by atoms with Gasteiger partial charge in [-0.3, -0.25) is 4.90 Å². The van der Waals surface area contributed by atoms with Crippen molar-refractivity contribution in [1.82, 2.24) is 9.62 Å². The summed E-state index contributed by atoms with van der Waals surface area (Å²) in [4.78, 5) is 2.26. The lowest BCUT2D eigenvalue weighted by Crippen LogP contribution is -2.39. The number of likely N-dealkylation sites (tertiary alicyclic amines) is 1. The van der Waals surface area contributed by atoms with Crippen molar-refractivity contribution in [2.45, 2.75) is 32.4 Å². The van der Waals surface area contributed by atoms with Crippen molar-refractivity contribution < 1.29 is 8.42 Å². The van der Waals surface area contributed by atoms with E-state index in [9.17, 15) is 8.42 Å². The largest absolute Gasteiger partial charge is 0.297 e. The Labute approximate surface area is 133 Å². The molecular weight excluding hydrogens is 298 g/mol. The molecule has 0 spiro atoms. The summed E-state index contributed by atoms with van der Waals surface area (Å²) in [6.07, 6.45) is 3.28. The molecule has 0 radical (unpaired) electrons. The number of hydrogen-bond donors (Lipinski definition) is 1. The summed E-state index contributed by atoms with van der Waals surface area (Å²) in [5, 5.41) is 8.96. The van der Waals surface area contributed by atoms with E-state index in [1.165, 1.54) is 6.26 Å². The van der Waals surface area contributed by atoms with Crippen LogP contribution < -0.4 is 4.72 Å². The maximum Gasteiger partial charge on any atom is 0.209 e. The first-order valence-corrected chi connectivity index (χ1v) is 9.49. The number of nitriles is 1. The topological polar surface area (TPSA) is 73.2 Å². The van der Waals surface area contributed by atoms with Crippen molar-refractivity contribution in [1.29, 1.82) is 5.26 Å². The van der Waals surface area contributed by atoms with Gasteiger partial charge in [0.1, 0.15) is 0 Å². The molecule has 22 heavy (non-hydrogen) atoms. The minimum atomic E-state index is -3.19. The van der Waals surface area contributed by atoms with Crippen LogP contribution in [0.4, 0.5) is 0 Å². The summed E-state index contributed by atoms with van der Waals surface area (Å²) in [7, 11) is -3.19. The fraction of sp³-hybridized carbons (Fsp3) is 0.562. The molecule has 0 saturated carbocycles.